The third-order valence-corrected chi connectivity index (χ3v) is 10.3. The number of esters is 1. The molecule has 11 nitrogen and oxygen atoms in total. The van der Waals surface area contributed by atoms with Crippen molar-refractivity contribution in [2.45, 2.75) is 89.5 Å². The Morgan fingerprint density at radius 2 is 1.96 bits per heavy atom. The number of hydrogen-bond acceptors (Lipinski definition) is 8. The van der Waals surface area contributed by atoms with Gasteiger partial charge in [0.25, 0.3) is 11.5 Å². The molecule has 0 saturated heterocycles. The molecular weight excluding hydrogens is 593 g/mol. The van der Waals surface area contributed by atoms with Crippen LogP contribution in [0.2, 0.25) is 0 Å². The van der Waals surface area contributed by atoms with Crippen LogP contribution in [0.1, 0.15) is 90.8 Å². The van der Waals surface area contributed by atoms with E-state index in [-0.39, 0.29) is 55.6 Å². The van der Waals surface area contributed by atoms with E-state index in [2.05, 4.69) is 16.0 Å². The lowest BCUT2D eigenvalue weighted by Gasteiger charge is -2.34. The van der Waals surface area contributed by atoms with Crippen LogP contribution >= 0.6 is 0 Å². The number of benzene rings is 1. The van der Waals surface area contributed by atoms with Gasteiger partial charge in [0, 0.05) is 17.0 Å². The van der Waals surface area contributed by atoms with Crippen LogP contribution in [-0.2, 0) is 43.4 Å². The van der Waals surface area contributed by atoms with Crippen molar-refractivity contribution in [3.05, 3.63) is 61.7 Å². The predicted octanol–water partition coefficient (Wildman–Crippen LogP) is 3.15. The number of carbonyl (C=O) groups excluding carboxylic acids is 3. The molecule has 4 aliphatic rings. The van der Waals surface area contributed by atoms with E-state index < -0.39 is 17.6 Å². The van der Waals surface area contributed by atoms with Crippen LogP contribution in [0.3, 0.4) is 0 Å². The number of rotatable bonds is 8. The number of fused-ring (bicyclic) bond motifs is 5. The molecule has 2 atom stereocenters. The number of amides is 2. The molecule has 1 fully saturated rings. The molecule has 0 radical (unpaired) electrons. The van der Waals surface area contributed by atoms with E-state index in [9.17, 15) is 19.2 Å². The first-order chi connectivity index (χ1) is 22.2. The van der Waals surface area contributed by atoms with E-state index in [0.29, 0.717) is 65.7 Å². The van der Waals surface area contributed by atoms with Gasteiger partial charge in [0.05, 0.1) is 47.5 Å². The molecule has 242 valence electrons. The van der Waals surface area contributed by atoms with Gasteiger partial charge < -0.3 is 30.0 Å². The predicted molar refractivity (Wildman–Crippen MR) is 166 cm³/mol. The van der Waals surface area contributed by atoms with Crippen LogP contribution in [-0.4, -0.2) is 53.3 Å². The van der Waals surface area contributed by atoms with Crippen LogP contribution in [0.4, 0.5) is 4.39 Å². The minimum Gasteiger partial charge on any atom is -0.460 e. The summed E-state index contributed by atoms with van der Waals surface area (Å²) < 4.78 is 28.4. The van der Waals surface area contributed by atoms with Crippen molar-refractivity contribution >= 4 is 28.7 Å². The molecule has 4 heterocycles. The minimum atomic E-state index is -1.08. The first-order valence-corrected chi connectivity index (χ1v) is 16.1. The molecule has 0 bridgehead atoms. The summed E-state index contributed by atoms with van der Waals surface area (Å²) in [5, 5.41) is 9.60. The molecule has 2 aliphatic heterocycles. The molecule has 46 heavy (non-hydrogen) atoms. The molecule has 12 heteroatoms. The maximum absolute atomic E-state index is 15.2. The van der Waals surface area contributed by atoms with Crippen molar-refractivity contribution in [1.82, 2.24) is 25.5 Å². The number of aromatic nitrogens is 2. The van der Waals surface area contributed by atoms with Crippen molar-refractivity contribution in [3.63, 3.8) is 0 Å². The zero-order valence-electron chi connectivity index (χ0n) is 26.3. The Morgan fingerprint density at radius 3 is 2.70 bits per heavy atom. The highest BCUT2D eigenvalue weighted by atomic mass is 19.1. The standard InChI is InChI=1S/C34H38FN5O6/c1-4-18-20-11-26-30-21(14-40(26)31(42)22(20)15-45-32(18)43)29-24(8-7-19-17(2)23(35)12-25(38-30)28(19)29)39-33(44)34(9-5-6-10-34)46-16-37-27(41)13-36-3/h11-12,18,24,36H,4-10,13-16H2,1-3H3,(H,37,41)(H,39,44). The number of nitrogens with zero attached hydrogens (tertiary/aromatic N) is 2. The Balaban J connectivity index is 1.31. The van der Waals surface area contributed by atoms with E-state index in [4.69, 9.17) is 14.5 Å². The average molecular weight is 632 g/mol. The van der Waals surface area contributed by atoms with E-state index in [0.717, 1.165) is 34.9 Å². The van der Waals surface area contributed by atoms with Gasteiger partial charge in [-0.15, -0.1) is 0 Å². The summed E-state index contributed by atoms with van der Waals surface area (Å²) in [6.07, 6.45) is 4.28. The largest absolute Gasteiger partial charge is 0.460 e. The molecule has 2 aromatic heterocycles. The van der Waals surface area contributed by atoms with Gasteiger partial charge in [-0.1, -0.05) is 6.92 Å². The summed E-state index contributed by atoms with van der Waals surface area (Å²) in [6, 6.07) is 2.87. The van der Waals surface area contributed by atoms with Crippen molar-refractivity contribution < 1.29 is 28.2 Å². The van der Waals surface area contributed by atoms with Gasteiger partial charge in [0.1, 0.15) is 24.8 Å². The number of hydrogen-bond donors (Lipinski definition) is 3. The first-order valence-electron chi connectivity index (χ1n) is 16.1. The molecule has 7 rings (SSSR count). The Hall–Kier alpha value is -4.16. The summed E-state index contributed by atoms with van der Waals surface area (Å²) in [4.78, 5) is 57.5. The fourth-order valence-corrected chi connectivity index (χ4v) is 7.87. The topological polar surface area (TPSA) is 141 Å². The van der Waals surface area contributed by atoms with Gasteiger partial charge in [-0.2, -0.15) is 0 Å². The van der Waals surface area contributed by atoms with Gasteiger partial charge in [0.15, 0.2) is 0 Å². The smallest absolute Gasteiger partial charge is 0.313 e. The monoisotopic (exact) mass is 631 g/mol. The van der Waals surface area contributed by atoms with Gasteiger partial charge in [-0.3, -0.25) is 19.2 Å². The number of likely N-dealkylation sites (N-methyl/N-ethyl adjacent to an activating group) is 1. The average Bonchev–Trinajstić information content (AvgIpc) is 3.66. The summed E-state index contributed by atoms with van der Waals surface area (Å²) in [6.45, 7) is 3.87. The van der Waals surface area contributed by atoms with Gasteiger partial charge >= 0.3 is 5.97 Å². The highest BCUT2D eigenvalue weighted by Crippen LogP contribution is 2.46. The molecule has 1 saturated carbocycles. The fraction of sp³-hybridized carbons (Fsp3) is 0.500. The summed E-state index contributed by atoms with van der Waals surface area (Å²) in [5.74, 6) is -1.72. The second kappa shape index (κ2) is 11.6. The Kier molecular flexibility index (Phi) is 7.67. The van der Waals surface area contributed by atoms with E-state index >= 15 is 4.39 Å². The van der Waals surface area contributed by atoms with Crippen LogP contribution in [0.25, 0.3) is 22.3 Å². The lowest BCUT2D eigenvalue weighted by atomic mass is 9.81. The minimum absolute atomic E-state index is 0.0763. The summed E-state index contributed by atoms with van der Waals surface area (Å²) in [7, 11) is 1.68. The molecule has 0 spiro atoms. The highest BCUT2D eigenvalue weighted by Gasteiger charge is 2.45. The second-order valence-electron chi connectivity index (χ2n) is 12.8. The van der Waals surface area contributed by atoms with Crippen molar-refractivity contribution in [3.8, 4) is 11.4 Å². The Morgan fingerprint density at radius 1 is 1.17 bits per heavy atom. The highest BCUT2D eigenvalue weighted by molar-refractivity contribution is 5.94. The fourth-order valence-electron chi connectivity index (χ4n) is 7.87. The first kappa shape index (κ1) is 30.5. The van der Waals surface area contributed by atoms with Crippen LogP contribution in [0.5, 0.6) is 0 Å². The number of carbonyl (C=O) groups is 3. The van der Waals surface area contributed by atoms with Crippen molar-refractivity contribution in [1.29, 1.82) is 0 Å². The van der Waals surface area contributed by atoms with Gasteiger partial charge in [-0.25, -0.2) is 9.37 Å². The van der Waals surface area contributed by atoms with Crippen molar-refractivity contribution in [2.24, 2.45) is 0 Å². The van der Waals surface area contributed by atoms with E-state index in [1.54, 1.807) is 18.5 Å². The van der Waals surface area contributed by atoms with Crippen molar-refractivity contribution in [2.75, 3.05) is 20.3 Å². The molecule has 2 amide bonds. The number of nitrogens with one attached hydrogen (secondary N) is 3. The lowest BCUT2D eigenvalue weighted by molar-refractivity contribution is -0.150. The third kappa shape index (κ3) is 4.72. The van der Waals surface area contributed by atoms with Gasteiger partial charge in [0.2, 0.25) is 5.91 Å². The normalized spacial score (nSPS) is 20.6. The molecule has 2 aliphatic carbocycles. The quantitative estimate of drug-likeness (QED) is 0.199. The zero-order chi connectivity index (χ0) is 32.3. The van der Waals surface area contributed by atoms with E-state index in [1.807, 2.05) is 13.0 Å². The second-order valence-corrected chi connectivity index (χ2v) is 12.8. The molecular formula is C34H38FN5O6. The van der Waals surface area contributed by atoms with Crippen LogP contribution in [0.15, 0.2) is 16.9 Å². The molecule has 1 aromatic carbocycles. The summed E-state index contributed by atoms with van der Waals surface area (Å²) >= 11 is 0. The Labute approximate surface area is 265 Å². The summed E-state index contributed by atoms with van der Waals surface area (Å²) in [5.41, 5.74) is 4.48. The molecule has 3 N–H and O–H groups in total. The van der Waals surface area contributed by atoms with E-state index in [1.165, 1.54) is 6.07 Å². The van der Waals surface area contributed by atoms with Crippen LogP contribution < -0.4 is 21.5 Å². The number of pyridine rings is 2. The SMILES string of the molecule is CCC1C(=O)OCc2c1cc1n(c2=O)Cc2c-1nc1cc(F)c(C)c3c1c2C(NC(=O)C1(OCNC(=O)CNC)CCCC1)CC3. The third-order valence-electron chi connectivity index (χ3n) is 10.3. The zero-order valence-corrected chi connectivity index (χ0v) is 26.3. The van der Waals surface area contributed by atoms with Crippen LogP contribution in [0, 0.1) is 12.7 Å². The maximum Gasteiger partial charge on any atom is 0.313 e. The number of cyclic esters (lactones) is 1. The number of ether oxygens (including phenoxy) is 2. The number of aryl methyl sites for hydroxylation is 1. The maximum atomic E-state index is 15.2. The van der Waals surface area contributed by atoms with Gasteiger partial charge in [-0.05, 0) is 87.2 Å². The molecule has 2 unspecified atom stereocenters. The molecule has 3 aromatic rings. The number of halogens is 1. The lowest BCUT2D eigenvalue weighted by Crippen LogP contribution is -2.50. The Bertz CT molecular complexity index is 1860.